The Hall–Kier alpha value is -2.95. The maximum absolute atomic E-state index is 14.8. The number of aliphatic hydroxyl groups is 1. The highest BCUT2D eigenvalue weighted by Crippen LogP contribution is 2.53. The highest BCUT2D eigenvalue weighted by molar-refractivity contribution is 5.90. The standard InChI is InChI=1S/C20H24F2N4O5/c1-10(28)24-6-12-7-26(20(29)31-12)11-4-15(21)18(16(22)5-11)25-8-13-14(9-25)17(13)19(23)30-3-2-27/h4-5,12-14,17,23,27H,2-3,6-9H2,1H3,(H,24,28)/t12-,13?,14?,17?/m0/s1. The first-order chi connectivity index (χ1) is 14.8. The SMILES string of the molecule is CC(=O)NC[C@H]1CN(c2cc(F)c(N3CC4C(C3)C4C(=N)OCCO)c(F)c2)C(=O)O1. The van der Waals surface area contributed by atoms with Gasteiger partial charge in [0.25, 0.3) is 0 Å². The summed E-state index contributed by atoms with van der Waals surface area (Å²) >= 11 is 0. The predicted molar refractivity (Wildman–Crippen MR) is 106 cm³/mol. The minimum absolute atomic E-state index is 0.0514. The third-order valence-corrected chi connectivity index (χ3v) is 5.93. The fourth-order valence-electron chi connectivity index (χ4n) is 4.46. The number of hydrogen-bond donors (Lipinski definition) is 3. The smallest absolute Gasteiger partial charge is 0.414 e. The summed E-state index contributed by atoms with van der Waals surface area (Å²) in [7, 11) is 0. The van der Waals surface area contributed by atoms with E-state index in [9.17, 15) is 18.4 Å². The van der Waals surface area contributed by atoms with Crippen molar-refractivity contribution in [1.82, 2.24) is 5.32 Å². The molecule has 0 spiro atoms. The summed E-state index contributed by atoms with van der Waals surface area (Å²) < 4.78 is 40.0. The van der Waals surface area contributed by atoms with E-state index in [-0.39, 0.29) is 67.2 Å². The van der Waals surface area contributed by atoms with Crippen LogP contribution in [-0.2, 0) is 14.3 Å². The van der Waals surface area contributed by atoms with Gasteiger partial charge in [-0.25, -0.2) is 13.6 Å². The molecule has 0 bridgehead atoms. The maximum atomic E-state index is 14.8. The molecule has 2 amide bonds. The van der Waals surface area contributed by atoms with Gasteiger partial charge in [0.2, 0.25) is 5.91 Å². The molecule has 1 aromatic carbocycles. The van der Waals surface area contributed by atoms with Crippen molar-refractivity contribution in [2.24, 2.45) is 17.8 Å². The number of cyclic esters (lactones) is 1. The van der Waals surface area contributed by atoms with E-state index >= 15 is 0 Å². The molecule has 11 heteroatoms. The number of benzene rings is 1. The summed E-state index contributed by atoms with van der Waals surface area (Å²) in [6.07, 6.45) is -1.33. The Morgan fingerprint density at radius 1 is 1.29 bits per heavy atom. The average Bonchev–Trinajstić information content (AvgIpc) is 3.03. The Morgan fingerprint density at radius 2 is 1.94 bits per heavy atom. The van der Waals surface area contributed by atoms with Gasteiger partial charge >= 0.3 is 6.09 Å². The summed E-state index contributed by atoms with van der Waals surface area (Å²) in [6.45, 7) is 2.23. The van der Waals surface area contributed by atoms with Crippen LogP contribution < -0.4 is 15.1 Å². The van der Waals surface area contributed by atoms with Crippen molar-refractivity contribution in [1.29, 1.82) is 5.41 Å². The summed E-state index contributed by atoms with van der Waals surface area (Å²) in [4.78, 5) is 25.9. The van der Waals surface area contributed by atoms with Crippen molar-refractivity contribution in [2.45, 2.75) is 13.0 Å². The second-order valence-corrected chi connectivity index (χ2v) is 8.01. The zero-order chi connectivity index (χ0) is 22.3. The average molecular weight is 438 g/mol. The van der Waals surface area contributed by atoms with Gasteiger partial charge in [0.1, 0.15) is 18.4 Å². The Labute approximate surface area is 177 Å². The number of rotatable bonds is 7. The number of fused-ring (bicyclic) bond motifs is 1. The lowest BCUT2D eigenvalue weighted by Gasteiger charge is -2.24. The summed E-state index contributed by atoms with van der Waals surface area (Å²) in [5, 5.41) is 19.2. The Balaban J connectivity index is 1.41. The van der Waals surface area contributed by atoms with Gasteiger partial charge in [0, 0.05) is 38.1 Å². The minimum atomic E-state index is -0.780. The first-order valence-corrected chi connectivity index (χ1v) is 10.1. The van der Waals surface area contributed by atoms with Gasteiger partial charge in [0.15, 0.2) is 17.5 Å². The molecule has 0 radical (unpaired) electrons. The van der Waals surface area contributed by atoms with Gasteiger partial charge in [-0.2, -0.15) is 0 Å². The number of aliphatic hydroxyl groups excluding tert-OH is 1. The molecule has 2 unspecified atom stereocenters. The summed E-state index contributed by atoms with van der Waals surface area (Å²) in [5.41, 5.74) is -0.102. The van der Waals surface area contributed by atoms with Crippen LogP contribution in [0.3, 0.4) is 0 Å². The number of ether oxygens (including phenoxy) is 2. The number of amides is 2. The van der Waals surface area contributed by atoms with E-state index in [4.69, 9.17) is 20.0 Å². The number of anilines is 2. The Kier molecular flexibility index (Phi) is 5.69. The van der Waals surface area contributed by atoms with Gasteiger partial charge in [0.05, 0.1) is 25.4 Å². The monoisotopic (exact) mass is 438 g/mol. The molecule has 168 valence electrons. The van der Waals surface area contributed by atoms with E-state index in [1.54, 1.807) is 4.90 Å². The van der Waals surface area contributed by atoms with Gasteiger partial charge < -0.3 is 24.8 Å². The van der Waals surface area contributed by atoms with Crippen molar-refractivity contribution in [3.63, 3.8) is 0 Å². The molecule has 3 aliphatic rings. The molecule has 1 aliphatic carbocycles. The van der Waals surface area contributed by atoms with Crippen molar-refractivity contribution < 1.29 is 33.0 Å². The first kappa shape index (κ1) is 21.3. The normalized spacial score (nSPS) is 26.5. The molecule has 3 fully saturated rings. The Morgan fingerprint density at radius 3 is 2.52 bits per heavy atom. The third-order valence-electron chi connectivity index (χ3n) is 5.93. The quantitative estimate of drug-likeness (QED) is 0.434. The third kappa shape index (κ3) is 4.14. The van der Waals surface area contributed by atoms with Gasteiger partial charge in [-0.1, -0.05) is 0 Å². The number of hydrogen-bond acceptors (Lipinski definition) is 7. The van der Waals surface area contributed by atoms with Crippen molar-refractivity contribution in [2.75, 3.05) is 49.2 Å². The number of nitrogens with zero attached hydrogens (tertiary/aromatic N) is 2. The second-order valence-electron chi connectivity index (χ2n) is 8.01. The largest absolute Gasteiger partial charge is 0.478 e. The lowest BCUT2D eigenvalue weighted by molar-refractivity contribution is -0.119. The predicted octanol–water partition coefficient (Wildman–Crippen LogP) is 1.09. The van der Waals surface area contributed by atoms with Crippen LogP contribution >= 0.6 is 0 Å². The van der Waals surface area contributed by atoms with Crippen LogP contribution in [0.5, 0.6) is 0 Å². The van der Waals surface area contributed by atoms with Gasteiger partial charge in [-0.05, 0) is 11.8 Å². The fourth-order valence-corrected chi connectivity index (χ4v) is 4.46. The Bertz CT molecular complexity index is 879. The van der Waals surface area contributed by atoms with E-state index in [0.29, 0.717) is 13.1 Å². The van der Waals surface area contributed by atoms with E-state index in [2.05, 4.69) is 5.32 Å². The number of halogens is 2. The minimum Gasteiger partial charge on any atom is -0.478 e. The molecular formula is C20H24F2N4O5. The van der Waals surface area contributed by atoms with Crippen molar-refractivity contribution in [3.05, 3.63) is 23.8 Å². The van der Waals surface area contributed by atoms with Crippen molar-refractivity contribution >= 4 is 29.3 Å². The number of nitrogens with one attached hydrogen (secondary N) is 2. The molecule has 3 atom stereocenters. The zero-order valence-electron chi connectivity index (χ0n) is 16.9. The lowest BCUT2D eigenvalue weighted by Crippen LogP contribution is -2.33. The topological polar surface area (TPSA) is 115 Å². The number of carbonyl (C=O) groups is 2. The van der Waals surface area contributed by atoms with E-state index in [1.807, 2.05) is 0 Å². The van der Waals surface area contributed by atoms with Crippen LogP contribution in [0.1, 0.15) is 6.92 Å². The fraction of sp³-hybridized carbons (Fsp3) is 0.550. The van der Waals surface area contributed by atoms with Crippen LogP contribution in [0.4, 0.5) is 25.0 Å². The molecule has 3 N–H and O–H groups in total. The molecule has 2 heterocycles. The van der Waals surface area contributed by atoms with Crippen LogP contribution in [0, 0.1) is 34.8 Å². The van der Waals surface area contributed by atoms with Crippen LogP contribution in [-0.4, -0.2) is 68.5 Å². The molecule has 0 aromatic heterocycles. The van der Waals surface area contributed by atoms with Gasteiger partial charge in [-0.3, -0.25) is 15.1 Å². The molecule has 9 nitrogen and oxygen atoms in total. The van der Waals surface area contributed by atoms with E-state index in [1.165, 1.54) is 6.92 Å². The molecule has 1 aromatic rings. The van der Waals surface area contributed by atoms with E-state index < -0.39 is 23.8 Å². The van der Waals surface area contributed by atoms with Crippen LogP contribution in [0.25, 0.3) is 0 Å². The van der Waals surface area contributed by atoms with Crippen molar-refractivity contribution in [3.8, 4) is 0 Å². The van der Waals surface area contributed by atoms with Crippen LogP contribution in [0.2, 0.25) is 0 Å². The molecule has 31 heavy (non-hydrogen) atoms. The summed E-state index contributed by atoms with van der Waals surface area (Å²) in [5.74, 6) is -1.61. The van der Waals surface area contributed by atoms with Crippen LogP contribution in [0.15, 0.2) is 12.1 Å². The highest BCUT2D eigenvalue weighted by Gasteiger charge is 2.59. The molecule has 1 saturated carbocycles. The molecule has 2 saturated heterocycles. The first-order valence-electron chi connectivity index (χ1n) is 10.1. The number of piperidine rings is 1. The number of carbonyl (C=O) groups excluding carboxylic acids is 2. The molecular weight excluding hydrogens is 414 g/mol. The zero-order valence-corrected chi connectivity index (χ0v) is 16.9. The van der Waals surface area contributed by atoms with Gasteiger partial charge in [-0.15, -0.1) is 0 Å². The molecule has 4 rings (SSSR count). The molecule has 2 aliphatic heterocycles. The summed E-state index contributed by atoms with van der Waals surface area (Å²) in [6, 6.07) is 2.21. The highest BCUT2D eigenvalue weighted by atomic mass is 19.1. The maximum Gasteiger partial charge on any atom is 0.414 e. The second kappa shape index (κ2) is 8.29. The lowest BCUT2D eigenvalue weighted by atomic mass is 10.2. The van der Waals surface area contributed by atoms with E-state index in [0.717, 1.165) is 17.0 Å².